The first-order valence-corrected chi connectivity index (χ1v) is 4.59. The molecule has 0 aromatic carbocycles. The van der Waals surface area contributed by atoms with E-state index >= 15 is 0 Å². The third-order valence-corrected chi connectivity index (χ3v) is 2.27. The lowest BCUT2D eigenvalue weighted by atomic mass is 10.3. The molecule has 0 bridgehead atoms. The van der Waals surface area contributed by atoms with E-state index in [4.69, 9.17) is 10.2 Å². The van der Waals surface area contributed by atoms with Crippen LogP contribution in [0.3, 0.4) is 0 Å². The van der Waals surface area contributed by atoms with E-state index in [1.807, 2.05) is 0 Å². The second-order valence-electron chi connectivity index (χ2n) is 3.32. The summed E-state index contributed by atoms with van der Waals surface area (Å²) in [4.78, 5) is 24.8. The maximum Gasteiger partial charge on any atom is 0.312 e. The Balaban J connectivity index is 2.12. The van der Waals surface area contributed by atoms with Gasteiger partial charge >= 0.3 is 6.01 Å². The van der Waals surface area contributed by atoms with Crippen LogP contribution in [0.15, 0.2) is 23.1 Å². The molecule has 1 aliphatic rings. The Labute approximate surface area is 89.9 Å². The van der Waals surface area contributed by atoms with Crippen molar-refractivity contribution in [1.29, 1.82) is 0 Å². The smallest absolute Gasteiger partial charge is 0.312 e. The first kappa shape index (κ1) is 8.84. The first-order chi connectivity index (χ1) is 7.75. The number of carbonyl (C=O) groups excluding carboxylic acids is 1. The third-order valence-electron chi connectivity index (χ3n) is 2.27. The number of carbonyl (C=O) groups is 1. The summed E-state index contributed by atoms with van der Waals surface area (Å²) < 4.78 is 5.11. The summed E-state index contributed by atoms with van der Waals surface area (Å²) in [6, 6.07) is 0.139. The number of hydrogen-bond donors (Lipinski definition) is 1. The number of hydrogen-bond acceptors (Lipinski definition) is 6. The topological polar surface area (TPSA) is 98.1 Å². The van der Waals surface area contributed by atoms with Gasteiger partial charge in [-0.15, -0.1) is 0 Å². The van der Waals surface area contributed by atoms with Gasteiger partial charge in [0.2, 0.25) is 11.8 Å². The Hall–Kier alpha value is -2.44. The molecule has 80 valence electrons. The summed E-state index contributed by atoms with van der Waals surface area (Å²) in [6.07, 6.45) is 4.57. The molecule has 0 radical (unpaired) electrons. The van der Waals surface area contributed by atoms with E-state index in [0.717, 1.165) is 5.56 Å². The molecule has 0 fully saturated rings. The molecule has 2 N–H and O–H groups in total. The number of amides is 1. The molecule has 0 aliphatic carbocycles. The molecule has 1 aliphatic heterocycles. The van der Waals surface area contributed by atoms with Crippen LogP contribution in [0.2, 0.25) is 0 Å². The number of aromatic nitrogens is 3. The highest BCUT2D eigenvalue weighted by molar-refractivity contribution is 6.04. The summed E-state index contributed by atoms with van der Waals surface area (Å²) in [5.41, 5.74) is 6.17. The number of nitrogens with zero attached hydrogens (tertiary/aromatic N) is 4. The lowest BCUT2D eigenvalue weighted by molar-refractivity contribution is -0.116. The maximum absolute atomic E-state index is 11.8. The lowest BCUT2D eigenvalue weighted by Crippen LogP contribution is -2.21. The van der Waals surface area contributed by atoms with Crippen LogP contribution in [0.4, 0.5) is 17.7 Å². The van der Waals surface area contributed by atoms with Crippen molar-refractivity contribution in [1.82, 2.24) is 15.0 Å². The SMILES string of the molecule is Nc1cnc(N2C(=O)Cc3cncnc32)o1. The molecule has 1 amide bonds. The molecule has 2 aromatic heterocycles. The number of fused-ring (bicyclic) bond motifs is 1. The molecule has 7 heteroatoms. The van der Waals surface area contributed by atoms with E-state index in [1.54, 1.807) is 6.20 Å². The van der Waals surface area contributed by atoms with Gasteiger partial charge in [-0.3, -0.25) is 4.79 Å². The highest BCUT2D eigenvalue weighted by Gasteiger charge is 2.33. The third kappa shape index (κ3) is 1.14. The van der Waals surface area contributed by atoms with Gasteiger partial charge in [0.05, 0.1) is 12.6 Å². The zero-order valence-corrected chi connectivity index (χ0v) is 8.12. The second kappa shape index (κ2) is 3.02. The van der Waals surface area contributed by atoms with Gasteiger partial charge in [0, 0.05) is 11.8 Å². The molecular formula is C9H7N5O2. The van der Waals surface area contributed by atoms with Gasteiger partial charge in [0.25, 0.3) is 0 Å². The van der Waals surface area contributed by atoms with Crippen molar-refractivity contribution in [3.8, 4) is 0 Å². The average molecular weight is 217 g/mol. The molecule has 2 aromatic rings. The average Bonchev–Trinajstić information content (AvgIpc) is 2.80. The summed E-state index contributed by atoms with van der Waals surface area (Å²) in [7, 11) is 0. The summed E-state index contributed by atoms with van der Waals surface area (Å²) in [5, 5.41) is 0. The van der Waals surface area contributed by atoms with Crippen molar-refractivity contribution in [3.05, 3.63) is 24.3 Å². The van der Waals surface area contributed by atoms with Crippen LogP contribution in [0, 0.1) is 0 Å². The number of nitrogen functional groups attached to an aromatic ring is 1. The molecule has 3 heterocycles. The molecule has 0 unspecified atom stereocenters. The Morgan fingerprint density at radius 3 is 3.00 bits per heavy atom. The van der Waals surface area contributed by atoms with E-state index in [1.165, 1.54) is 17.4 Å². The minimum Gasteiger partial charge on any atom is -0.407 e. The van der Waals surface area contributed by atoms with Crippen LogP contribution in [0.1, 0.15) is 5.56 Å². The van der Waals surface area contributed by atoms with Crippen LogP contribution in [-0.2, 0) is 11.2 Å². The standard InChI is InChI=1S/C9H7N5O2/c10-6-3-12-9(16-6)14-7(15)1-5-2-11-4-13-8(5)14/h2-4H,1,10H2. The number of nitrogens with two attached hydrogens (primary N) is 1. The van der Waals surface area contributed by atoms with Crippen molar-refractivity contribution < 1.29 is 9.21 Å². The molecular weight excluding hydrogens is 210 g/mol. The van der Waals surface area contributed by atoms with E-state index in [-0.39, 0.29) is 24.2 Å². The van der Waals surface area contributed by atoms with Gasteiger partial charge in [-0.2, -0.15) is 4.98 Å². The van der Waals surface area contributed by atoms with E-state index in [0.29, 0.717) is 5.82 Å². The largest absolute Gasteiger partial charge is 0.407 e. The highest BCUT2D eigenvalue weighted by atomic mass is 16.4. The number of rotatable bonds is 1. The highest BCUT2D eigenvalue weighted by Crippen LogP contribution is 2.32. The molecule has 16 heavy (non-hydrogen) atoms. The predicted octanol–water partition coefficient (Wildman–Crippen LogP) is 0.268. The lowest BCUT2D eigenvalue weighted by Gasteiger charge is -2.09. The fourth-order valence-electron chi connectivity index (χ4n) is 1.62. The van der Waals surface area contributed by atoms with E-state index < -0.39 is 0 Å². The Bertz CT molecular complexity index is 565. The summed E-state index contributed by atoms with van der Waals surface area (Å²) in [6.45, 7) is 0. The zero-order valence-electron chi connectivity index (χ0n) is 8.12. The fraction of sp³-hybridized carbons (Fsp3) is 0.111. The van der Waals surface area contributed by atoms with Gasteiger partial charge in [0.15, 0.2) is 5.82 Å². The predicted molar refractivity (Wildman–Crippen MR) is 53.8 cm³/mol. The Morgan fingerprint density at radius 2 is 2.25 bits per heavy atom. The van der Waals surface area contributed by atoms with Gasteiger partial charge in [-0.05, 0) is 0 Å². The minimum absolute atomic E-state index is 0.139. The fourth-order valence-corrected chi connectivity index (χ4v) is 1.62. The van der Waals surface area contributed by atoms with Crippen molar-refractivity contribution in [2.24, 2.45) is 0 Å². The van der Waals surface area contributed by atoms with Gasteiger partial charge in [0.1, 0.15) is 6.33 Å². The second-order valence-corrected chi connectivity index (χ2v) is 3.32. The van der Waals surface area contributed by atoms with Crippen molar-refractivity contribution in [2.75, 3.05) is 10.6 Å². The normalized spacial score (nSPS) is 14.2. The molecule has 0 saturated carbocycles. The Kier molecular flexibility index (Phi) is 1.67. The van der Waals surface area contributed by atoms with Crippen LogP contribution < -0.4 is 10.6 Å². The van der Waals surface area contributed by atoms with Crippen molar-refractivity contribution in [2.45, 2.75) is 6.42 Å². The first-order valence-electron chi connectivity index (χ1n) is 4.59. The van der Waals surface area contributed by atoms with Crippen molar-refractivity contribution >= 4 is 23.6 Å². The molecule has 0 spiro atoms. The number of anilines is 3. The van der Waals surface area contributed by atoms with Crippen LogP contribution in [0.5, 0.6) is 0 Å². The van der Waals surface area contributed by atoms with Crippen molar-refractivity contribution in [3.63, 3.8) is 0 Å². The molecule has 0 atom stereocenters. The van der Waals surface area contributed by atoms with Crippen LogP contribution in [-0.4, -0.2) is 20.9 Å². The molecule has 3 rings (SSSR count). The van der Waals surface area contributed by atoms with Crippen LogP contribution >= 0.6 is 0 Å². The number of oxazole rings is 1. The zero-order chi connectivity index (χ0) is 11.1. The monoisotopic (exact) mass is 217 g/mol. The van der Waals surface area contributed by atoms with E-state index in [2.05, 4.69) is 15.0 Å². The van der Waals surface area contributed by atoms with Gasteiger partial charge in [-0.1, -0.05) is 0 Å². The molecule has 7 nitrogen and oxygen atoms in total. The van der Waals surface area contributed by atoms with Crippen LogP contribution in [0.25, 0.3) is 0 Å². The minimum atomic E-state index is -0.155. The quantitative estimate of drug-likeness (QED) is 0.736. The van der Waals surface area contributed by atoms with Gasteiger partial charge in [-0.25, -0.2) is 14.9 Å². The Morgan fingerprint density at radius 1 is 1.38 bits per heavy atom. The summed E-state index contributed by atoms with van der Waals surface area (Å²) >= 11 is 0. The maximum atomic E-state index is 11.8. The van der Waals surface area contributed by atoms with E-state index in [9.17, 15) is 4.79 Å². The summed E-state index contributed by atoms with van der Waals surface area (Å²) in [5.74, 6) is 0.504. The van der Waals surface area contributed by atoms with Gasteiger partial charge < -0.3 is 10.2 Å². The molecule has 0 saturated heterocycles.